The minimum Gasteiger partial charge on any atom is -0.370 e. The van der Waals surface area contributed by atoms with Gasteiger partial charge in [-0.25, -0.2) is 9.97 Å². The molecule has 0 saturated carbocycles. The van der Waals surface area contributed by atoms with Crippen LogP contribution in [0.15, 0.2) is 24.3 Å². The molecule has 0 radical (unpaired) electrons. The lowest BCUT2D eigenvalue weighted by molar-refractivity contribution is 0.331. The molecular weight excluding hydrogens is 402 g/mol. The van der Waals surface area contributed by atoms with Gasteiger partial charge in [0, 0.05) is 30.0 Å². The third kappa shape index (κ3) is 5.41. The minimum absolute atomic E-state index is 0.875. The highest BCUT2D eigenvalue weighted by Crippen LogP contribution is 2.31. The smallest absolute Gasteiger partial charge is 0.161 e. The summed E-state index contributed by atoms with van der Waals surface area (Å²) >= 11 is 2.00. The van der Waals surface area contributed by atoms with Crippen LogP contribution < -0.4 is 5.32 Å². The van der Waals surface area contributed by atoms with Crippen molar-refractivity contribution in [3.05, 3.63) is 41.1 Å². The van der Waals surface area contributed by atoms with E-state index in [1.54, 1.807) is 0 Å². The molecule has 0 bridgehead atoms. The quantitative estimate of drug-likeness (QED) is 0.617. The van der Waals surface area contributed by atoms with Gasteiger partial charge in [0.1, 0.15) is 5.82 Å². The van der Waals surface area contributed by atoms with Gasteiger partial charge in [0.15, 0.2) is 5.82 Å². The summed E-state index contributed by atoms with van der Waals surface area (Å²) in [4.78, 5) is 15.1. The molecule has 2 fully saturated rings. The summed E-state index contributed by atoms with van der Waals surface area (Å²) in [5.41, 5.74) is 5.09. The van der Waals surface area contributed by atoms with Gasteiger partial charge in [-0.3, -0.25) is 4.90 Å². The SMILES string of the molecule is c1cc(-c2nc3c(c(NCCCN4CCCC4)n2)CSCC3)ccc1CN1CCCC1. The first-order valence-corrected chi connectivity index (χ1v) is 13.3. The third-order valence-corrected chi connectivity index (χ3v) is 7.77. The molecular formula is C25H35N5S. The number of benzene rings is 1. The minimum atomic E-state index is 0.875. The van der Waals surface area contributed by atoms with Gasteiger partial charge < -0.3 is 10.2 Å². The van der Waals surface area contributed by atoms with E-state index in [0.717, 1.165) is 48.2 Å². The van der Waals surface area contributed by atoms with Crippen LogP contribution in [0.2, 0.25) is 0 Å². The zero-order valence-electron chi connectivity index (χ0n) is 18.6. The second kappa shape index (κ2) is 10.3. The summed E-state index contributed by atoms with van der Waals surface area (Å²) in [6.45, 7) is 8.27. The van der Waals surface area contributed by atoms with Crippen LogP contribution in [0.1, 0.15) is 48.9 Å². The summed E-state index contributed by atoms with van der Waals surface area (Å²) in [5.74, 6) is 4.13. The summed E-state index contributed by atoms with van der Waals surface area (Å²) in [7, 11) is 0. The Kier molecular flexibility index (Phi) is 7.07. The van der Waals surface area contributed by atoms with Gasteiger partial charge in [-0.05, 0) is 82.6 Å². The van der Waals surface area contributed by atoms with Crippen molar-refractivity contribution in [3.63, 3.8) is 0 Å². The van der Waals surface area contributed by atoms with Gasteiger partial charge in [0.05, 0.1) is 5.69 Å². The van der Waals surface area contributed by atoms with Crippen LogP contribution in [0.4, 0.5) is 5.82 Å². The van der Waals surface area contributed by atoms with Gasteiger partial charge in [-0.1, -0.05) is 24.3 Å². The Morgan fingerprint density at radius 1 is 0.903 bits per heavy atom. The van der Waals surface area contributed by atoms with Crippen molar-refractivity contribution >= 4 is 17.6 Å². The second-order valence-corrected chi connectivity index (χ2v) is 10.2. The number of hydrogen-bond donors (Lipinski definition) is 1. The molecule has 1 aromatic heterocycles. The monoisotopic (exact) mass is 437 g/mol. The van der Waals surface area contributed by atoms with Gasteiger partial charge in [-0.2, -0.15) is 11.8 Å². The maximum atomic E-state index is 5.00. The van der Waals surface area contributed by atoms with Crippen LogP contribution in [-0.2, 0) is 18.7 Å². The molecule has 1 N–H and O–H groups in total. The maximum absolute atomic E-state index is 5.00. The first kappa shape index (κ1) is 21.2. The lowest BCUT2D eigenvalue weighted by atomic mass is 10.1. The van der Waals surface area contributed by atoms with Crippen molar-refractivity contribution in [3.8, 4) is 11.4 Å². The van der Waals surface area contributed by atoms with E-state index in [9.17, 15) is 0 Å². The first-order valence-electron chi connectivity index (χ1n) is 12.1. The number of anilines is 1. The molecule has 5 rings (SSSR count). The first-order chi connectivity index (χ1) is 15.3. The molecule has 0 amide bonds. The van der Waals surface area contributed by atoms with Gasteiger partial charge in [0.2, 0.25) is 0 Å². The topological polar surface area (TPSA) is 44.3 Å². The molecule has 6 heteroatoms. The Balaban J connectivity index is 1.28. The van der Waals surface area contributed by atoms with E-state index >= 15 is 0 Å². The lowest BCUT2D eigenvalue weighted by Crippen LogP contribution is -2.23. The molecule has 3 aliphatic rings. The number of aryl methyl sites for hydroxylation is 1. The summed E-state index contributed by atoms with van der Waals surface area (Å²) in [6.07, 6.45) is 7.63. The van der Waals surface area contributed by atoms with Crippen molar-refractivity contribution < 1.29 is 0 Å². The largest absolute Gasteiger partial charge is 0.370 e. The zero-order valence-corrected chi connectivity index (χ0v) is 19.4. The standard InChI is InChI=1S/C25H35N5S/c1-2-13-29(12-1)16-5-11-26-25-22-19-31-17-10-23(22)27-24(28-25)21-8-6-20(7-9-21)18-30-14-3-4-15-30/h6-9H,1-5,10-19H2,(H,26,27,28). The van der Waals surface area contributed by atoms with Crippen LogP contribution in [0.3, 0.4) is 0 Å². The van der Waals surface area contributed by atoms with Crippen LogP contribution in [-0.4, -0.2) is 64.8 Å². The molecule has 3 aliphatic heterocycles. The molecule has 0 aliphatic carbocycles. The molecule has 5 nitrogen and oxygen atoms in total. The highest BCUT2D eigenvalue weighted by molar-refractivity contribution is 7.98. The average molecular weight is 438 g/mol. The number of hydrogen-bond acceptors (Lipinski definition) is 6. The van der Waals surface area contributed by atoms with Crippen molar-refractivity contribution in [2.75, 3.05) is 50.3 Å². The molecule has 2 aromatic rings. The van der Waals surface area contributed by atoms with Crippen molar-refractivity contribution in [2.24, 2.45) is 0 Å². The lowest BCUT2D eigenvalue weighted by Gasteiger charge is -2.20. The van der Waals surface area contributed by atoms with Crippen LogP contribution >= 0.6 is 11.8 Å². The predicted octanol–water partition coefficient (Wildman–Crippen LogP) is 4.43. The van der Waals surface area contributed by atoms with E-state index in [2.05, 4.69) is 39.4 Å². The second-order valence-electron chi connectivity index (χ2n) is 9.13. The Morgan fingerprint density at radius 2 is 1.65 bits per heavy atom. The maximum Gasteiger partial charge on any atom is 0.161 e. The van der Waals surface area contributed by atoms with Gasteiger partial charge in [-0.15, -0.1) is 0 Å². The Morgan fingerprint density at radius 3 is 2.42 bits per heavy atom. The molecule has 4 heterocycles. The fourth-order valence-electron chi connectivity index (χ4n) is 4.98. The van der Waals surface area contributed by atoms with E-state index in [4.69, 9.17) is 9.97 Å². The number of rotatable bonds is 8. The molecule has 166 valence electrons. The van der Waals surface area contributed by atoms with E-state index in [-0.39, 0.29) is 0 Å². The third-order valence-electron chi connectivity index (χ3n) is 6.78. The van der Waals surface area contributed by atoms with Crippen molar-refractivity contribution in [1.29, 1.82) is 0 Å². The van der Waals surface area contributed by atoms with Gasteiger partial charge in [0.25, 0.3) is 0 Å². The van der Waals surface area contributed by atoms with E-state index < -0.39 is 0 Å². The Bertz CT molecular complexity index is 857. The molecule has 31 heavy (non-hydrogen) atoms. The van der Waals surface area contributed by atoms with E-state index in [1.807, 2.05) is 11.8 Å². The highest BCUT2D eigenvalue weighted by Gasteiger charge is 2.19. The summed E-state index contributed by atoms with van der Waals surface area (Å²) in [6, 6.07) is 8.94. The molecule has 0 spiro atoms. The number of thioether (sulfide) groups is 1. The van der Waals surface area contributed by atoms with E-state index in [0.29, 0.717) is 0 Å². The van der Waals surface area contributed by atoms with Crippen molar-refractivity contribution in [1.82, 2.24) is 19.8 Å². The summed E-state index contributed by atoms with van der Waals surface area (Å²) in [5, 5.41) is 3.67. The highest BCUT2D eigenvalue weighted by atomic mass is 32.2. The predicted molar refractivity (Wildman–Crippen MR) is 131 cm³/mol. The number of nitrogens with zero attached hydrogens (tertiary/aromatic N) is 4. The molecule has 2 saturated heterocycles. The summed E-state index contributed by atoms with van der Waals surface area (Å²) < 4.78 is 0. The fourth-order valence-corrected chi connectivity index (χ4v) is 5.97. The number of aromatic nitrogens is 2. The molecule has 0 atom stereocenters. The Hall–Kier alpha value is -1.63. The van der Waals surface area contributed by atoms with E-state index in [1.165, 1.54) is 81.6 Å². The van der Waals surface area contributed by atoms with Crippen LogP contribution in [0.5, 0.6) is 0 Å². The Labute approximate surface area is 191 Å². The fraction of sp³-hybridized carbons (Fsp3) is 0.600. The molecule has 0 unspecified atom stereocenters. The normalized spacial score (nSPS) is 19.6. The number of likely N-dealkylation sites (tertiary alicyclic amines) is 2. The van der Waals surface area contributed by atoms with Crippen LogP contribution in [0.25, 0.3) is 11.4 Å². The van der Waals surface area contributed by atoms with Crippen molar-refractivity contribution in [2.45, 2.75) is 50.8 Å². The zero-order chi connectivity index (χ0) is 20.9. The van der Waals surface area contributed by atoms with Gasteiger partial charge >= 0.3 is 0 Å². The van der Waals surface area contributed by atoms with Crippen LogP contribution in [0, 0.1) is 0 Å². The average Bonchev–Trinajstić information content (AvgIpc) is 3.51. The number of fused-ring (bicyclic) bond motifs is 1. The molecule has 1 aromatic carbocycles. The number of nitrogens with one attached hydrogen (secondary N) is 1.